The number of hydrogen-bond acceptors (Lipinski definition) is 3. The van der Waals surface area contributed by atoms with Gasteiger partial charge in [0.2, 0.25) is 0 Å². The molecule has 0 saturated carbocycles. The van der Waals surface area contributed by atoms with Gasteiger partial charge in [-0.15, -0.1) is 0 Å². The smallest absolute Gasteiger partial charge is 0.262 e. The van der Waals surface area contributed by atoms with Gasteiger partial charge in [-0.3, -0.25) is 4.72 Å². The third kappa shape index (κ3) is 3.54. The van der Waals surface area contributed by atoms with Crippen molar-refractivity contribution < 1.29 is 8.42 Å². The van der Waals surface area contributed by atoms with Gasteiger partial charge in [0.1, 0.15) is 0 Å². The monoisotopic (exact) mass is 338 g/mol. The molecule has 0 aliphatic heterocycles. The number of hydrogen-bond donors (Lipinski definition) is 1. The molecule has 0 atom stereocenters. The summed E-state index contributed by atoms with van der Waals surface area (Å²) in [6.07, 6.45) is 0. The molecule has 0 aromatic heterocycles. The number of anilines is 2. The molecule has 2 rings (SSSR count). The lowest BCUT2D eigenvalue weighted by Gasteiger charge is -2.19. The van der Waals surface area contributed by atoms with E-state index in [-0.39, 0.29) is 4.90 Å². The zero-order valence-electron chi connectivity index (χ0n) is 13.0. The summed E-state index contributed by atoms with van der Waals surface area (Å²) in [6.45, 7) is 3.71. The highest BCUT2D eigenvalue weighted by molar-refractivity contribution is 7.92. The maximum atomic E-state index is 12.6. The minimum Gasteiger partial charge on any atom is -0.376 e. The van der Waals surface area contributed by atoms with Crippen molar-refractivity contribution in [1.82, 2.24) is 0 Å². The zero-order chi connectivity index (χ0) is 16.5. The molecule has 22 heavy (non-hydrogen) atoms. The van der Waals surface area contributed by atoms with Crippen molar-refractivity contribution in [3.63, 3.8) is 0 Å². The standard InChI is InChI=1S/C16H19ClN2O2S/c1-11-5-8-16(12(2)9-11)22(20,21)18-14-10-13(17)6-7-15(14)19(3)4/h5-10,18H,1-4H3. The van der Waals surface area contributed by atoms with Gasteiger partial charge in [0.15, 0.2) is 0 Å². The van der Waals surface area contributed by atoms with Crippen LogP contribution in [0.2, 0.25) is 5.02 Å². The van der Waals surface area contributed by atoms with Crippen LogP contribution in [0.25, 0.3) is 0 Å². The third-order valence-electron chi connectivity index (χ3n) is 3.30. The Morgan fingerprint density at radius 2 is 1.73 bits per heavy atom. The van der Waals surface area contributed by atoms with Crippen LogP contribution in [-0.2, 0) is 10.0 Å². The van der Waals surface area contributed by atoms with Crippen LogP contribution in [0.15, 0.2) is 41.3 Å². The van der Waals surface area contributed by atoms with E-state index in [1.807, 2.05) is 32.0 Å². The summed E-state index contributed by atoms with van der Waals surface area (Å²) in [7, 11) is 0.0220. The minimum absolute atomic E-state index is 0.266. The van der Waals surface area contributed by atoms with Crippen molar-refractivity contribution in [2.45, 2.75) is 18.7 Å². The van der Waals surface area contributed by atoms with Crippen molar-refractivity contribution >= 4 is 33.0 Å². The average molecular weight is 339 g/mol. The lowest BCUT2D eigenvalue weighted by molar-refractivity contribution is 0.600. The Kier molecular flexibility index (Phi) is 4.68. The van der Waals surface area contributed by atoms with E-state index < -0.39 is 10.0 Å². The molecule has 0 unspecified atom stereocenters. The van der Waals surface area contributed by atoms with Crippen LogP contribution in [0, 0.1) is 13.8 Å². The Labute approximate surface area is 136 Å². The third-order valence-corrected chi connectivity index (χ3v) is 5.07. The number of benzene rings is 2. The van der Waals surface area contributed by atoms with E-state index in [0.717, 1.165) is 11.3 Å². The average Bonchev–Trinajstić information content (AvgIpc) is 2.37. The summed E-state index contributed by atoms with van der Waals surface area (Å²) >= 11 is 6.00. The van der Waals surface area contributed by atoms with Crippen molar-refractivity contribution in [2.75, 3.05) is 23.7 Å². The van der Waals surface area contributed by atoms with Crippen LogP contribution in [-0.4, -0.2) is 22.5 Å². The summed E-state index contributed by atoms with van der Waals surface area (Å²) in [4.78, 5) is 2.10. The van der Waals surface area contributed by atoms with Gasteiger partial charge in [-0.1, -0.05) is 29.3 Å². The van der Waals surface area contributed by atoms with Crippen LogP contribution >= 0.6 is 11.6 Å². The Morgan fingerprint density at radius 3 is 2.32 bits per heavy atom. The molecule has 0 radical (unpaired) electrons. The number of sulfonamides is 1. The fourth-order valence-corrected chi connectivity index (χ4v) is 3.75. The summed E-state index contributed by atoms with van der Waals surface area (Å²) in [5.74, 6) is 0. The van der Waals surface area contributed by atoms with Gasteiger partial charge in [0.05, 0.1) is 16.3 Å². The van der Waals surface area contributed by atoms with Crippen LogP contribution in [0.3, 0.4) is 0 Å². The van der Waals surface area contributed by atoms with Crippen molar-refractivity contribution in [3.05, 3.63) is 52.5 Å². The molecule has 2 aromatic carbocycles. The Morgan fingerprint density at radius 1 is 1.05 bits per heavy atom. The van der Waals surface area contributed by atoms with E-state index in [1.165, 1.54) is 0 Å². The molecule has 6 heteroatoms. The second kappa shape index (κ2) is 6.18. The molecule has 0 aliphatic carbocycles. The molecule has 0 aliphatic rings. The predicted molar refractivity (Wildman–Crippen MR) is 92.5 cm³/mol. The fraction of sp³-hybridized carbons (Fsp3) is 0.250. The number of halogens is 1. The Bertz CT molecular complexity index is 802. The maximum absolute atomic E-state index is 12.6. The van der Waals surface area contributed by atoms with Gasteiger partial charge >= 0.3 is 0 Å². The van der Waals surface area contributed by atoms with Crippen molar-refractivity contribution in [1.29, 1.82) is 0 Å². The quantitative estimate of drug-likeness (QED) is 0.921. The van der Waals surface area contributed by atoms with Crippen LogP contribution in [0.1, 0.15) is 11.1 Å². The summed E-state index contributed by atoms with van der Waals surface area (Å²) in [6, 6.07) is 10.4. The van der Waals surface area contributed by atoms with Crippen LogP contribution < -0.4 is 9.62 Å². The second-order valence-electron chi connectivity index (χ2n) is 5.43. The maximum Gasteiger partial charge on any atom is 0.262 e. The molecule has 0 amide bonds. The predicted octanol–water partition coefficient (Wildman–Crippen LogP) is 3.82. The molecule has 1 N–H and O–H groups in total. The first kappa shape index (κ1) is 16.6. The Balaban J connectivity index is 2.47. The lowest BCUT2D eigenvalue weighted by atomic mass is 10.2. The summed E-state index contributed by atoms with van der Waals surface area (Å²) in [5, 5.41) is 0.476. The second-order valence-corrected chi connectivity index (χ2v) is 7.52. The van der Waals surface area contributed by atoms with E-state index in [2.05, 4.69) is 4.72 Å². The van der Waals surface area contributed by atoms with E-state index >= 15 is 0 Å². The molecule has 0 heterocycles. The van der Waals surface area contributed by atoms with E-state index in [9.17, 15) is 8.42 Å². The number of rotatable bonds is 4. The first-order valence-corrected chi connectivity index (χ1v) is 8.64. The van der Waals surface area contributed by atoms with Crippen LogP contribution in [0.4, 0.5) is 11.4 Å². The Hall–Kier alpha value is -1.72. The molecule has 4 nitrogen and oxygen atoms in total. The number of aryl methyl sites for hydroxylation is 2. The SMILES string of the molecule is Cc1ccc(S(=O)(=O)Nc2cc(Cl)ccc2N(C)C)c(C)c1. The van der Waals surface area contributed by atoms with Gasteiger partial charge in [0, 0.05) is 19.1 Å². The number of nitrogens with one attached hydrogen (secondary N) is 1. The molecule has 0 fully saturated rings. The summed E-state index contributed by atoms with van der Waals surface area (Å²) in [5.41, 5.74) is 2.93. The molecule has 0 saturated heterocycles. The van der Waals surface area contributed by atoms with Gasteiger partial charge in [-0.05, 0) is 43.7 Å². The van der Waals surface area contributed by atoms with Crippen LogP contribution in [0.5, 0.6) is 0 Å². The zero-order valence-corrected chi connectivity index (χ0v) is 14.6. The minimum atomic E-state index is -3.67. The molecule has 0 bridgehead atoms. The van der Waals surface area contributed by atoms with E-state index in [4.69, 9.17) is 11.6 Å². The highest BCUT2D eigenvalue weighted by atomic mass is 35.5. The summed E-state index contributed by atoms with van der Waals surface area (Å²) < 4.78 is 27.9. The van der Waals surface area contributed by atoms with E-state index in [1.54, 1.807) is 37.3 Å². The van der Waals surface area contributed by atoms with Gasteiger partial charge < -0.3 is 4.90 Å². The highest BCUT2D eigenvalue weighted by Crippen LogP contribution is 2.30. The fourth-order valence-electron chi connectivity index (χ4n) is 2.28. The first-order valence-electron chi connectivity index (χ1n) is 6.77. The molecular weight excluding hydrogens is 320 g/mol. The van der Waals surface area contributed by atoms with Crippen molar-refractivity contribution in [2.24, 2.45) is 0 Å². The first-order chi connectivity index (χ1) is 10.2. The molecular formula is C16H19ClN2O2S. The molecule has 2 aromatic rings. The number of nitrogens with zero attached hydrogens (tertiary/aromatic N) is 1. The largest absolute Gasteiger partial charge is 0.376 e. The topological polar surface area (TPSA) is 49.4 Å². The van der Waals surface area contributed by atoms with Gasteiger partial charge in [-0.2, -0.15) is 0 Å². The van der Waals surface area contributed by atoms with Gasteiger partial charge in [-0.25, -0.2) is 8.42 Å². The highest BCUT2D eigenvalue weighted by Gasteiger charge is 2.19. The van der Waals surface area contributed by atoms with Crippen molar-refractivity contribution in [3.8, 4) is 0 Å². The van der Waals surface area contributed by atoms with Gasteiger partial charge in [0.25, 0.3) is 10.0 Å². The van der Waals surface area contributed by atoms with E-state index in [0.29, 0.717) is 16.3 Å². The molecule has 118 valence electrons. The normalized spacial score (nSPS) is 11.3. The molecule has 0 spiro atoms. The lowest BCUT2D eigenvalue weighted by Crippen LogP contribution is -2.18.